The summed E-state index contributed by atoms with van der Waals surface area (Å²) >= 11 is 0. The van der Waals surface area contributed by atoms with Crippen molar-refractivity contribution >= 4 is 5.91 Å². The van der Waals surface area contributed by atoms with Gasteiger partial charge < -0.3 is 14.7 Å². The Morgan fingerprint density at radius 2 is 2.12 bits per heavy atom. The monoisotopic (exact) mass is 355 g/mol. The first kappa shape index (κ1) is 18.3. The van der Waals surface area contributed by atoms with Gasteiger partial charge in [-0.25, -0.2) is 0 Å². The van der Waals surface area contributed by atoms with Crippen molar-refractivity contribution in [3.05, 3.63) is 54.1 Å². The molecule has 2 aromatic rings. The second-order valence-corrected chi connectivity index (χ2v) is 6.82. The second kappa shape index (κ2) is 7.83. The highest BCUT2D eigenvalue weighted by molar-refractivity contribution is 5.77. The number of ether oxygens (including phenoxy) is 1. The van der Waals surface area contributed by atoms with Crippen LogP contribution in [0.1, 0.15) is 37.4 Å². The molecule has 0 spiro atoms. The predicted molar refractivity (Wildman–Crippen MR) is 97.7 cm³/mol. The SMILES string of the molecule is COc1ccc([C@@](C)(O)[C@H]2CCCN2C(=O)CCc2cnccn2)cc1. The minimum absolute atomic E-state index is 0.0481. The highest BCUT2D eigenvalue weighted by Gasteiger charge is 2.42. The standard InChI is InChI=1S/C20H25N3O3/c1-20(25,15-5-8-17(26-2)9-6-15)18-4-3-13-23(18)19(24)10-7-16-14-21-11-12-22-16/h5-6,8-9,11-12,14,18,25H,3-4,7,10,13H2,1-2H3/t18-,20-/m1/s1. The zero-order chi connectivity index (χ0) is 18.6. The van der Waals surface area contributed by atoms with Crippen LogP contribution in [-0.4, -0.2) is 45.6 Å². The van der Waals surface area contributed by atoms with Crippen LogP contribution < -0.4 is 4.74 Å². The quantitative estimate of drug-likeness (QED) is 0.861. The van der Waals surface area contributed by atoms with Crippen molar-refractivity contribution < 1.29 is 14.6 Å². The molecular weight excluding hydrogens is 330 g/mol. The molecule has 1 amide bonds. The maximum atomic E-state index is 12.8. The van der Waals surface area contributed by atoms with Crippen molar-refractivity contribution in [2.75, 3.05) is 13.7 Å². The molecule has 1 N–H and O–H groups in total. The summed E-state index contributed by atoms with van der Waals surface area (Å²) < 4.78 is 5.18. The van der Waals surface area contributed by atoms with Gasteiger partial charge in [-0.1, -0.05) is 12.1 Å². The van der Waals surface area contributed by atoms with E-state index < -0.39 is 5.60 Å². The molecule has 0 radical (unpaired) electrons. The number of carbonyl (C=O) groups is 1. The van der Waals surface area contributed by atoms with E-state index in [1.54, 1.807) is 32.6 Å². The Hall–Kier alpha value is -2.47. The van der Waals surface area contributed by atoms with E-state index in [9.17, 15) is 9.90 Å². The number of likely N-dealkylation sites (tertiary alicyclic amines) is 1. The minimum atomic E-state index is -1.11. The fourth-order valence-electron chi connectivity index (χ4n) is 3.61. The van der Waals surface area contributed by atoms with E-state index in [-0.39, 0.29) is 11.9 Å². The number of carbonyl (C=O) groups excluding carboxylic acids is 1. The summed E-state index contributed by atoms with van der Waals surface area (Å²) in [7, 11) is 1.61. The van der Waals surface area contributed by atoms with Gasteiger partial charge in [-0.05, 0) is 43.9 Å². The summed E-state index contributed by atoms with van der Waals surface area (Å²) in [6, 6.07) is 7.15. The Kier molecular flexibility index (Phi) is 5.52. The highest BCUT2D eigenvalue weighted by Crippen LogP contribution is 2.35. The summed E-state index contributed by atoms with van der Waals surface area (Å²) in [4.78, 5) is 22.8. The average molecular weight is 355 g/mol. The predicted octanol–water partition coefficient (Wildman–Crippen LogP) is 2.32. The smallest absolute Gasteiger partial charge is 0.223 e. The number of methoxy groups -OCH3 is 1. The molecule has 1 saturated heterocycles. The van der Waals surface area contributed by atoms with Crippen molar-refractivity contribution in [2.45, 2.75) is 44.2 Å². The van der Waals surface area contributed by atoms with Gasteiger partial charge in [0.25, 0.3) is 0 Å². The minimum Gasteiger partial charge on any atom is -0.497 e. The molecule has 26 heavy (non-hydrogen) atoms. The van der Waals surface area contributed by atoms with Gasteiger partial charge in [0.15, 0.2) is 0 Å². The van der Waals surface area contributed by atoms with Gasteiger partial charge in [0.1, 0.15) is 11.4 Å². The Morgan fingerprint density at radius 1 is 1.35 bits per heavy atom. The first-order valence-electron chi connectivity index (χ1n) is 8.93. The van der Waals surface area contributed by atoms with E-state index in [1.165, 1.54) is 0 Å². The Balaban J connectivity index is 1.70. The lowest BCUT2D eigenvalue weighted by molar-refractivity contribution is -0.137. The van der Waals surface area contributed by atoms with Crippen molar-refractivity contribution in [1.82, 2.24) is 14.9 Å². The number of benzene rings is 1. The van der Waals surface area contributed by atoms with Crippen LogP contribution in [0.15, 0.2) is 42.9 Å². The third-order valence-electron chi connectivity index (χ3n) is 5.11. The Morgan fingerprint density at radius 3 is 2.77 bits per heavy atom. The van der Waals surface area contributed by atoms with Gasteiger partial charge in [0.05, 0.1) is 18.8 Å². The zero-order valence-corrected chi connectivity index (χ0v) is 15.3. The molecule has 1 aromatic carbocycles. The molecule has 3 rings (SSSR count). The number of rotatable bonds is 6. The fraction of sp³-hybridized carbons (Fsp3) is 0.450. The molecule has 0 bridgehead atoms. The number of nitrogens with zero attached hydrogens (tertiary/aromatic N) is 3. The number of aromatic nitrogens is 2. The topological polar surface area (TPSA) is 75.6 Å². The summed E-state index contributed by atoms with van der Waals surface area (Å²) in [5.74, 6) is 0.791. The first-order valence-corrected chi connectivity index (χ1v) is 8.93. The normalized spacial score (nSPS) is 19.2. The first-order chi connectivity index (χ1) is 12.5. The second-order valence-electron chi connectivity index (χ2n) is 6.82. The van der Waals surface area contributed by atoms with Crippen LogP contribution in [-0.2, 0) is 16.8 Å². The van der Waals surface area contributed by atoms with Gasteiger partial charge in [-0.2, -0.15) is 0 Å². The summed E-state index contributed by atoms with van der Waals surface area (Å²) in [6.07, 6.45) is 7.54. The summed E-state index contributed by atoms with van der Waals surface area (Å²) in [5.41, 5.74) is 0.487. The average Bonchev–Trinajstić information content (AvgIpc) is 3.18. The maximum absolute atomic E-state index is 12.8. The molecule has 6 nitrogen and oxygen atoms in total. The lowest BCUT2D eigenvalue weighted by Gasteiger charge is -2.37. The lowest BCUT2D eigenvalue weighted by atomic mass is 9.86. The van der Waals surface area contributed by atoms with E-state index in [4.69, 9.17) is 4.74 Å². The lowest BCUT2D eigenvalue weighted by Crippen LogP contribution is -2.48. The van der Waals surface area contributed by atoms with Gasteiger partial charge in [0.2, 0.25) is 5.91 Å². The fourth-order valence-corrected chi connectivity index (χ4v) is 3.61. The molecule has 1 aliphatic rings. The Bertz CT molecular complexity index is 732. The number of aliphatic hydroxyl groups is 1. The van der Waals surface area contributed by atoms with Crippen LogP contribution >= 0.6 is 0 Å². The molecule has 1 aliphatic heterocycles. The van der Waals surface area contributed by atoms with Crippen LogP contribution in [0.5, 0.6) is 5.75 Å². The number of aryl methyl sites for hydroxylation is 1. The van der Waals surface area contributed by atoms with E-state index in [0.29, 0.717) is 19.4 Å². The molecule has 0 unspecified atom stereocenters. The molecule has 0 saturated carbocycles. The number of hydrogen-bond acceptors (Lipinski definition) is 5. The third kappa shape index (κ3) is 3.85. The van der Waals surface area contributed by atoms with Crippen molar-refractivity contribution in [3.8, 4) is 5.75 Å². The zero-order valence-electron chi connectivity index (χ0n) is 15.3. The van der Waals surface area contributed by atoms with E-state index in [1.807, 2.05) is 29.2 Å². The van der Waals surface area contributed by atoms with Gasteiger partial charge in [0, 0.05) is 31.6 Å². The molecule has 2 heterocycles. The maximum Gasteiger partial charge on any atom is 0.223 e. The van der Waals surface area contributed by atoms with Crippen LogP contribution in [0, 0.1) is 0 Å². The van der Waals surface area contributed by atoms with Crippen molar-refractivity contribution in [1.29, 1.82) is 0 Å². The number of amides is 1. The third-order valence-corrected chi connectivity index (χ3v) is 5.11. The van der Waals surface area contributed by atoms with Crippen LogP contribution in [0.4, 0.5) is 0 Å². The highest BCUT2D eigenvalue weighted by atomic mass is 16.5. The Labute approximate surface area is 153 Å². The number of hydrogen-bond donors (Lipinski definition) is 1. The molecular formula is C20H25N3O3. The summed E-state index contributed by atoms with van der Waals surface area (Å²) in [6.45, 7) is 2.46. The largest absolute Gasteiger partial charge is 0.497 e. The van der Waals surface area contributed by atoms with Crippen LogP contribution in [0.25, 0.3) is 0 Å². The molecule has 0 aliphatic carbocycles. The van der Waals surface area contributed by atoms with Crippen LogP contribution in [0.2, 0.25) is 0 Å². The van der Waals surface area contributed by atoms with E-state index in [2.05, 4.69) is 9.97 Å². The molecule has 138 valence electrons. The van der Waals surface area contributed by atoms with E-state index in [0.717, 1.165) is 29.8 Å². The van der Waals surface area contributed by atoms with Gasteiger partial charge in [-0.15, -0.1) is 0 Å². The molecule has 1 fully saturated rings. The van der Waals surface area contributed by atoms with Crippen molar-refractivity contribution in [2.24, 2.45) is 0 Å². The molecule has 1 aromatic heterocycles. The molecule has 2 atom stereocenters. The molecule has 6 heteroatoms. The summed E-state index contributed by atoms with van der Waals surface area (Å²) in [5, 5.41) is 11.2. The van der Waals surface area contributed by atoms with Crippen molar-refractivity contribution in [3.63, 3.8) is 0 Å². The van der Waals surface area contributed by atoms with E-state index >= 15 is 0 Å². The van der Waals surface area contributed by atoms with Gasteiger partial charge in [-0.3, -0.25) is 14.8 Å². The van der Waals surface area contributed by atoms with Gasteiger partial charge >= 0.3 is 0 Å². The van der Waals surface area contributed by atoms with Crippen LogP contribution in [0.3, 0.4) is 0 Å².